The lowest BCUT2D eigenvalue weighted by molar-refractivity contribution is -0.133. The number of carboxylic acids is 1. The lowest BCUT2D eigenvalue weighted by Gasteiger charge is -2.10. The summed E-state index contributed by atoms with van der Waals surface area (Å²) in [6.45, 7) is 2.08. The quantitative estimate of drug-likeness (QED) is 0.807. The Morgan fingerprint density at radius 1 is 1.47 bits per heavy atom. The number of thioether (sulfide) groups is 1. The standard InChI is InChI=1S/C8H11N3O2S2/c12-6(13)5-14-8-10-9-7(15-8)11-3-1-2-4-11/h1-5H2,(H,12,13). The van der Waals surface area contributed by atoms with Crippen molar-refractivity contribution in [1.29, 1.82) is 0 Å². The largest absolute Gasteiger partial charge is 0.481 e. The van der Waals surface area contributed by atoms with Crippen molar-refractivity contribution >= 4 is 34.2 Å². The van der Waals surface area contributed by atoms with Crippen LogP contribution < -0.4 is 4.90 Å². The summed E-state index contributed by atoms with van der Waals surface area (Å²) in [5.41, 5.74) is 0. The van der Waals surface area contributed by atoms with E-state index < -0.39 is 5.97 Å². The molecule has 1 fully saturated rings. The third-order valence-electron chi connectivity index (χ3n) is 2.09. The SMILES string of the molecule is O=C(O)CSc1nnc(N2CCCC2)s1. The fourth-order valence-corrected chi connectivity index (χ4v) is 3.03. The molecular weight excluding hydrogens is 234 g/mol. The Morgan fingerprint density at radius 2 is 2.20 bits per heavy atom. The van der Waals surface area contributed by atoms with Gasteiger partial charge in [-0.05, 0) is 12.8 Å². The van der Waals surface area contributed by atoms with Crippen molar-refractivity contribution in [2.45, 2.75) is 17.2 Å². The summed E-state index contributed by atoms with van der Waals surface area (Å²) in [6.07, 6.45) is 2.41. The fourth-order valence-electron chi connectivity index (χ4n) is 1.42. The minimum atomic E-state index is -0.821. The number of aromatic nitrogens is 2. The van der Waals surface area contributed by atoms with Crippen molar-refractivity contribution in [3.8, 4) is 0 Å². The zero-order valence-electron chi connectivity index (χ0n) is 8.05. The van der Waals surface area contributed by atoms with E-state index in [1.54, 1.807) is 0 Å². The molecule has 0 saturated carbocycles. The highest BCUT2D eigenvalue weighted by atomic mass is 32.2. The number of nitrogens with zero attached hydrogens (tertiary/aromatic N) is 3. The van der Waals surface area contributed by atoms with Crippen LogP contribution in [0.2, 0.25) is 0 Å². The van der Waals surface area contributed by atoms with E-state index in [2.05, 4.69) is 15.1 Å². The monoisotopic (exact) mass is 245 g/mol. The Hall–Kier alpha value is -0.820. The van der Waals surface area contributed by atoms with Gasteiger partial charge in [0.1, 0.15) is 0 Å². The molecule has 0 radical (unpaired) electrons. The van der Waals surface area contributed by atoms with Gasteiger partial charge >= 0.3 is 5.97 Å². The molecule has 0 aromatic carbocycles. The van der Waals surface area contributed by atoms with E-state index in [0.717, 1.165) is 22.6 Å². The van der Waals surface area contributed by atoms with E-state index in [9.17, 15) is 4.79 Å². The maximum atomic E-state index is 10.4. The van der Waals surface area contributed by atoms with Gasteiger partial charge in [0.15, 0.2) is 4.34 Å². The van der Waals surface area contributed by atoms with Crippen molar-refractivity contribution in [1.82, 2.24) is 10.2 Å². The number of hydrogen-bond acceptors (Lipinski definition) is 6. The molecule has 1 aliphatic rings. The molecule has 1 aromatic heterocycles. The van der Waals surface area contributed by atoms with E-state index in [-0.39, 0.29) is 5.75 Å². The molecular formula is C8H11N3O2S2. The third-order valence-corrected chi connectivity index (χ3v) is 4.19. The molecule has 1 aliphatic heterocycles. The van der Waals surface area contributed by atoms with Crippen LogP contribution in [0, 0.1) is 0 Å². The molecule has 0 bridgehead atoms. The Labute approximate surface area is 95.5 Å². The van der Waals surface area contributed by atoms with Crippen molar-refractivity contribution in [3.05, 3.63) is 0 Å². The molecule has 0 unspecified atom stereocenters. The van der Waals surface area contributed by atoms with E-state index in [0.29, 0.717) is 0 Å². The van der Waals surface area contributed by atoms with Crippen molar-refractivity contribution < 1.29 is 9.90 Å². The van der Waals surface area contributed by atoms with Gasteiger partial charge in [0.05, 0.1) is 5.75 Å². The first kappa shape index (κ1) is 10.7. The summed E-state index contributed by atoms with van der Waals surface area (Å²) in [5, 5.41) is 17.5. The molecule has 0 spiro atoms. The maximum absolute atomic E-state index is 10.4. The smallest absolute Gasteiger partial charge is 0.313 e. The number of hydrogen-bond donors (Lipinski definition) is 1. The topological polar surface area (TPSA) is 66.3 Å². The van der Waals surface area contributed by atoms with Gasteiger partial charge in [-0.25, -0.2) is 0 Å². The highest BCUT2D eigenvalue weighted by Crippen LogP contribution is 2.29. The summed E-state index contributed by atoms with van der Waals surface area (Å²) in [5.74, 6) is -0.771. The fraction of sp³-hybridized carbons (Fsp3) is 0.625. The molecule has 1 saturated heterocycles. The molecule has 1 N–H and O–H groups in total. The van der Waals surface area contributed by atoms with Gasteiger partial charge in [0.2, 0.25) is 5.13 Å². The predicted molar refractivity (Wildman–Crippen MR) is 59.7 cm³/mol. The van der Waals surface area contributed by atoms with Gasteiger partial charge in [-0.1, -0.05) is 23.1 Å². The second kappa shape index (κ2) is 4.80. The first-order valence-corrected chi connectivity index (χ1v) is 6.49. The van der Waals surface area contributed by atoms with E-state index in [4.69, 9.17) is 5.11 Å². The predicted octanol–water partition coefficient (Wildman–Crippen LogP) is 1.31. The number of aliphatic carboxylic acids is 1. The second-order valence-corrected chi connectivity index (χ2v) is 5.41. The molecule has 1 aromatic rings. The minimum absolute atomic E-state index is 0.0502. The van der Waals surface area contributed by atoms with Crippen LogP contribution in [0.3, 0.4) is 0 Å². The van der Waals surface area contributed by atoms with Gasteiger partial charge in [0.25, 0.3) is 0 Å². The van der Waals surface area contributed by atoms with E-state index in [1.807, 2.05) is 0 Å². The van der Waals surface area contributed by atoms with Crippen LogP contribution in [-0.4, -0.2) is 40.1 Å². The number of anilines is 1. The lowest BCUT2D eigenvalue weighted by Crippen LogP contribution is -2.17. The average Bonchev–Trinajstić information content (AvgIpc) is 2.85. The summed E-state index contributed by atoms with van der Waals surface area (Å²) in [7, 11) is 0. The number of rotatable bonds is 4. The first-order chi connectivity index (χ1) is 7.25. The normalized spacial score (nSPS) is 15.9. The third kappa shape index (κ3) is 2.82. The molecule has 7 heteroatoms. The Bertz CT molecular complexity index is 349. The van der Waals surface area contributed by atoms with Crippen LogP contribution in [0.15, 0.2) is 4.34 Å². The zero-order chi connectivity index (χ0) is 10.7. The van der Waals surface area contributed by atoms with Crippen LogP contribution in [-0.2, 0) is 4.79 Å². The van der Waals surface area contributed by atoms with Crippen molar-refractivity contribution in [2.75, 3.05) is 23.7 Å². The van der Waals surface area contributed by atoms with Crippen molar-refractivity contribution in [2.24, 2.45) is 0 Å². The molecule has 5 nitrogen and oxygen atoms in total. The summed E-state index contributed by atoms with van der Waals surface area (Å²) in [4.78, 5) is 12.6. The number of carboxylic acid groups (broad SMARTS) is 1. The molecule has 0 aliphatic carbocycles. The molecule has 0 amide bonds. The highest BCUT2D eigenvalue weighted by Gasteiger charge is 2.16. The highest BCUT2D eigenvalue weighted by molar-refractivity contribution is 8.01. The summed E-state index contributed by atoms with van der Waals surface area (Å²) >= 11 is 2.70. The average molecular weight is 245 g/mol. The second-order valence-electron chi connectivity index (χ2n) is 3.23. The first-order valence-electron chi connectivity index (χ1n) is 4.69. The zero-order valence-corrected chi connectivity index (χ0v) is 9.68. The van der Waals surface area contributed by atoms with Gasteiger partial charge < -0.3 is 10.0 Å². The Balaban J connectivity index is 1.94. The van der Waals surface area contributed by atoms with Crippen LogP contribution >= 0.6 is 23.1 Å². The van der Waals surface area contributed by atoms with Crippen LogP contribution in [0.1, 0.15) is 12.8 Å². The van der Waals surface area contributed by atoms with E-state index >= 15 is 0 Å². The van der Waals surface area contributed by atoms with Gasteiger partial charge in [-0.2, -0.15) is 0 Å². The van der Waals surface area contributed by atoms with Crippen LogP contribution in [0.4, 0.5) is 5.13 Å². The Kier molecular flexibility index (Phi) is 3.42. The van der Waals surface area contributed by atoms with Crippen molar-refractivity contribution in [3.63, 3.8) is 0 Å². The molecule has 82 valence electrons. The maximum Gasteiger partial charge on any atom is 0.313 e. The Morgan fingerprint density at radius 3 is 2.87 bits per heavy atom. The molecule has 15 heavy (non-hydrogen) atoms. The summed E-state index contributed by atoms with van der Waals surface area (Å²) in [6, 6.07) is 0. The molecule has 2 heterocycles. The molecule has 0 atom stereocenters. The van der Waals surface area contributed by atoms with Gasteiger partial charge in [-0.15, -0.1) is 10.2 Å². The van der Waals surface area contributed by atoms with Gasteiger partial charge in [-0.3, -0.25) is 4.79 Å². The summed E-state index contributed by atoms with van der Waals surface area (Å²) < 4.78 is 0.735. The number of carbonyl (C=O) groups is 1. The minimum Gasteiger partial charge on any atom is -0.481 e. The van der Waals surface area contributed by atoms with Gasteiger partial charge in [0, 0.05) is 13.1 Å². The molecule has 2 rings (SSSR count). The van der Waals surface area contributed by atoms with E-state index in [1.165, 1.54) is 35.9 Å². The van der Waals surface area contributed by atoms with Crippen LogP contribution in [0.5, 0.6) is 0 Å². The van der Waals surface area contributed by atoms with Crippen LogP contribution in [0.25, 0.3) is 0 Å². The lowest BCUT2D eigenvalue weighted by atomic mass is 10.4.